The molecule has 0 atom stereocenters. The molecule has 15 heavy (non-hydrogen) atoms. The van der Waals surface area contributed by atoms with Gasteiger partial charge in [-0.15, -0.1) is 0 Å². The smallest absolute Gasteiger partial charge is 0.145 e. The lowest BCUT2D eigenvalue weighted by molar-refractivity contribution is 0.118. The van der Waals surface area contributed by atoms with Crippen molar-refractivity contribution in [3.8, 4) is 0 Å². The summed E-state index contributed by atoms with van der Waals surface area (Å²) in [6, 6.07) is 1.81. The second kappa shape index (κ2) is 6.45. The molecule has 1 aromatic heterocycles. The van der Waals surface area contributed by atoms with Crippen LogP contribution in [-0.2, 0) is 11.3 Å². The van der Waals surface area contributed by atoms with Gasteiger partial charge in [0.2, 0.25) is 0 Å². The molecule has 0 aromatic carbocycles. The Hall–Kier alpha value is -1.03. The molecule has 0 bridgehead atoms. The van der Waals surface area contributed by atoms with E-state index >= 15 is 0 Å². The largest absolute Gasteiger partial charge is 0.382 e. The number of nitrogens with two attached hydrogens (primary N) is 1. The zero-order valence-electron chi connectivity index (χ0n) is 9.65. The maximum absolute atomic E-state index is 5.50. The minimum absolute atomic E-state index is 0.579. The second-order valence-electron chi connectivity index (χ2n) is 4.15. The molecule has 0 fully saturated rings. The first-order valence-electron chi connectivity index (χ1n) is 5.55. The average molecular weight is 211 g/mol. The van der Waals surface area contributed by atoms with Crippen LogP contribution in [-0.4, -0.2) is 23.0 Å². The van der Waals surface area contributed by atoms with Gasteiger partial charge in [-0.2, -0.15) is 5.10 Å². The van der Waals surface area contributed by atoms with Crippen LogP contribution in [0.1, 0.15) is 26.7 Å². The molecular formula is C11H21N3O. The van der Waals surface area contributed by atoms with E-state index in [0.717, 1.165) is 38.5 Å². The summed E-state index contributed by atoms with van der Waals surface area (Å²) in [5.74, 6) is 1.30. The predicted molar refractivity (Wildman–Crippen MR) is 61.5 cm³/mol. The standard InChI is InChI=1S/C11H21N3O/c1-10(2)5-9-15-8-3-6-14-7-4-11(12)13-14/h4,7,10H,3,5-6,8-9H2,1-2H3,(H2,12,13). The molecule has 0 radical (unpaired) electrons. The highest BCUT2D eigenvalue weighted by Gasteiger charge is 1.96. The highest BCUT2D eigenvalue weighted by atomic mass is 16.5. The van der Waals surface area contributed by atoms with Crippen molar-refractivity contribution in [3.63, 3.8) is 0 Å². The third kappa shape index (κ3) is 5.42. The summed E-state index contributed by atoms with van der Waals surface area (Å²) < 4.78 is 7.35. The van der Waals surface area contributed by atoms with Crippen molar-refractivity contribution in [3.05, 3.63) is 12.3 Å². The number of ether oxygens (including phenoxy) is 1. The molecule has 0 saturated heterocycles. The maximum atomic E-state index is 5.50. The van der Waals surface area contributed by atoms with Gasteiger partial charge in [-0.3, -0.25) is 4.68 Å². The number of aryl methyl sites for hydroxylation is 1. The van der Waals surface area contributed by atoms with Crippen LogP contribution in [0.15, 0.2) is 12.3 Å². The van der Waals surface area contributed by atoms with E-state index < -0.39 is 0 Å². The van der Waals surface area contributed by atoms with Crippen molar-refractivity contribution in [2.75, 3.05) is 18.9 Å². The Morgan fingerprint density at radius 3 is 2.87 bits per heavy atom. The first-order chi connectivity index (χ1) is 7.18. The number of hydrogen-bond donors (Lipinski definition) is 1. The molecule has 0 saturated carbocycles. The number of nitrogen functional groups attached to an aromatic ring is 1. The SMILES string of the molecule is CC(C)CCOCCCn1ccc(N)n1. The monoisotopic (exact) mass is 211 g/mol. The molecular weight excluding hydrogens is 190 g/mol. The molecule has 0 aliphatic heterocycles. The van der Waals surface area contributed by atoms with E-state index in [4.69, 9.17) is 10.5 Å². The first kappa shape index (κ1) is 12.0. The van der Waals surface area contributed by atoms with Gasteiger partial charge in [-0.05, 0) is 24.8 Å². The molecule has 0 amide bonds. The number of rotatable bonds is 7. The van der Waals surface area contributed by atoms with E-state index in [0.29, 0.717) is 5.82 Å². The van der Waals surface area contributed by atoms with Gasteiger partial charge in [0.25, 0.3) is 0 Å². The van der Waals surface area contributed by atoms with Crippen LogP contribution >= 0.6 is 0 Å². The van der Waals surface area contributed by atoms with E-state index in [2.05, 4.69) is 18.9 Å². The van der Waals surface area contributed by atoms with Crippen LogP contribution in [0.25, 0.3) is 0 Å². The first-order valence-corrected chi connectivity index (χ1v) is 5.55. The van der Waals surface area contributed by atoms with E-state index in [9.17, 15) is 0 Å². The van der Waals surface area contributed by atoms with Crippen molar-refractivity contribution in [1.29, 1.82) is 0 Å². The van der Waals surface area contributed by atoms with E-state index in [-0.39, 0.29) is 0 Å². The van der Waals surface area contributed by atoms with Gasteiger partial charge in [0.1, 0.15) is 5.82 Å². The van der Waals surface area contributed by atoms with E-state index in [1.807, 2.05) is 10.9 Å². The summed E-state index contributed by atoms with van der Waals surface area (Å²) in [7, 11) is 0. The molecule has 2 N–H and O–H groups in total. The zero-order chi connectivity index (χ0) is 11.1. The van der Waals surface area contributed by atoms with Crippen LogP contribution in [0.5, 0.6) is 0 Å². The summed E-state index contributed by atoms with van der Waals surface area (Å²) >= 11 is 0. The molecule has 1 rings (SSSR count). The number of hydrogen-bond acceptors (Lipinski definition) is 3. The highest BCUT2D eigenvalue weighted by Crippen LogP contribution is 2.00. The van der Waals surface area contributed by atoms with Gasteiger partial charge >= 0.3 is 0 Å². The number of aromatic nitrogens is 2. The summed E-state index contributed by atoms with van der Waals surface area (Å²) in [4.78, 5) is 0. The lowest BCUT2D eigenvalue weighted by atomic mass is 10.1. The van der Waals surface area contributed by atoms with Gasteiger partial charge in [0.05, 0.1) is 0 Å². The van der Waals surface area contributed by atoms with Crippen LogP contribution in [0, 0.1) is 5.92 Å². The highest BCUT2D eigenvalue weighted by molar-refractivity contribution is 5.23. The van der Waals surface area contributed by atoms with Gasteiger partial charge in [-0.1, -0.05) is 13.8 Å². The van der Waals surface area contributed by atoms with Gasteiger partial charge in [0.15, 0.2) is 0 Å². The molecule has 4 heteroatoms. The van der Waals surface area contributed by atoms with Crippen molar-refractivity contribution < 1.29 is 4.74 Å². The normalized spacial score (nSPS) is 11.1. The van der Waals surface area contributed by atoms with Crippen molar-refractivity contribution in [2.24, 2.45) is 5.92 Å². The average Bonchev–Trinajstić information content (AvgIpc) is 2.57. The summed E-state index contributed by atoms with van der Waals surface area (Å²) in [5, 5.41) is 4.10. The molecule has 0 aliphatic carbocycles. The number of nitrogens with zero attached hydrogens (tertiary/aromatic N) is 2. The van der Waals surface area contributed by atoms with Gasteiger partial charge in [-0.25, -0.2) is 0 Å². The lowest BCUT2D eigenvalue weighted by Gasteiger charge is -2.06. The lowest BCUT2D eigenvalue weighted by Crippen LogP contribution is -2.05. The fourth-order valence-electron chi connectivity index (χ4n) is 1.25. The fourth-order valence-corrected chi connectivity index (χ4v) is 1.25. The van der Waals surface area contributed by atoms with Crippen molar-refractivity contribution >= 4 is 5.82 Å². The molecule has 86 valence electrons. The van der Waals surface area contributed by atoms with E-state index in [1.165, 1.54) is 0 Å². The summed E-state index contributed by atoms with van der Waals surface area (Å²) in [5.41, 5.74) is 5.50. The Kier molecular flexibility index (Phi) is 5.18. The molecule has 1 heterocycles. The molecule has 0 spiro atoms. The van der Waals surface area contributed by atoms with Crippen LogP contribution in [0.3, 0.4) is 0 Å². The number of anilines is 1. The molecule has 4 nitrogen and oxygen atoms in total. The van der Waals surface area contributed by atoms with Gasteiger partial charge in [0, 0.05) is 26.0 Å². The van der Waals surface area contributed by atoms with E-state index in [1.54, 1.807) is 6.07 Å². The molecule has 1 aromatic rings. The Bertz CT molecular complexity index is 271. The Morgan fingerprint density at radius 2 is 2.27 bits per heavy atom. The van der Waals surface area contributed by atoms with Crippen LogP contribution in [0.2, 0.25) is 0 Å². The van der Waals surface area contributed by atoms with Crippen LogP contribution in [0.4, 0.5) is 5.82 Å². The van der Waals surface area contributed by atoms with Crippen molar-refractivity contribution in [2.45, 2.75) is 33.2 Å². The third-order valence-corrected chi connectivity index (χ3v) is 2.18. The fraction of sp³-hybridized carbons (Fsp3) is 0.727. The third-order valence-electron chi connectivity index (χ3n) is 2.18. The van der Waals surface area contributed by atoms with Crippen LogP contribution < -0.4 is 5.73 Å². The minimum Gasteiger partial charge on any atom is -0.382 e. The predicted octanol–water partition coefficient (Wildman–Crippen LogP) is 1.92. The molecule has 0 unspecified atom stereocenters. The zero-order valence-corrected chi connectivity index (χ0v) is 9.65. The van der Waals surface area contributed by atoms with Crippen molar-refractivity contribution in [1.82, 2.24) is 9.78 Å². The minimum atomic E-state index is 0.579. The quantitative estimate of drug-likeness (QED) is 0.701. The second-order valence-corrected chi connectivity index (χ2v) is 4.15. The Labute approximate surface area is 91.4 Å². The maximum Gasteiger partial charge on any atom is 0.145 e. The van der Waals surface area contributed by atoms with Gasteiger partial charge < -0.3 is 10.5 Å². The summed E-state index contributed by atoms with van der Waals surface area (Å²) in [6.45, 7) is 6.94. The summed E-state index contributed by atoms with van der Waals surface area (Å²) in [6.07, 6.45) is 4.01. The Balaban J connectivity index is 1.98. The Morgan fingerprint density at radius 1 is 1.47 bits per heavy atom. The topological polar surface area (TPSA) is 53.1 Å². The molecule has 0 aliphatic rings.